The Kier molecular flexibility index (Phi) is 6.45. The summed E-state index contributed by atoms with van der Waals surface area (Å²) in [5.74, 6) is 1.14. The van der Waals surface area contributed by atoms with Crippen LogP contribution in [0.25, 0.3) is 0 Å². The van der Waals surface area contributed by atoms with Gasteiger partial charge in [0.05, 0.1) is 0 Å². The van der Waals surface area contributed by atoms with E-state index in [1.54, 1.807) is 0 Å². The third-order valence-electron chi connectivity index (χ3n) is 4.62. The Labute approximate surface area is 177 Å². The van der Waals surface area contributed by atoms with Gasteiger partial charge >= 0.3 is 6.80 Å². The van der Waals surface area contributed by atoms with E-state index in [0.717, 1.165) is 49.7 Å². The van der Waals surface area contributed by atoms with Gasteiger partial charge in [0.15, 0.2) is 0 Å². The standard InChI is InChI=1S/C24H27O3PS/c1-16-7-10-22(19(4)13-16)26-28(25,27-23-11-8-17(2)14-20(23)5)29-24-12-9-18(3)15-21(24)6/h7-15H,1-6H3. The molecule has 3 aromatic rings. The number of benzene rings is 3. The molecular formula is C24H27O3PS. The molecule has 0 N–H and O–H groups in total. The van der Waals surface area contributed by atoms with E-state index < -0.39 is 6.80 Å². The van der Waals surface area contributed by atoms with Gasteiger partial charge in [-0.25, -0.2) is 4.57 Å². The smallest absolute Gasteiger partial charge is 0.408 e. The van der Waals surface area contributed by atoms with E-state index in [1.165, 1.54) is 0 Å². The summed E-state index contributed by atoms with van der Waals surface area (Å²) in [7, 11) is 0. The van der Waals surface area contributed by atoms with Gasteiger partial charge in [-0.05, 0) is 76.4 Å². The van der Waals surface area contributed by atoms with Gasteiger partial charge in [-0.3, -0.25) is 0 Å². The summed E-state index contributed by atoms with van der Waals surface area (Å²) in [4.78, 5) is 0.883. The van der Waals surface area contributed by atoms with Crippen molar-refractivity contribution < 1.29 is 13.6 Å². The zero-order valence-corrected chi connectivity index (χ0v) is 19.5. The largest absolute Gasteiger partial charge is 0.497 e. The maximum absolute atomic E-state index is 14.0. The van der Waals surface area contributed by atoms with Crippen molar-refractivity contribution in [1.29, 1.82) is 0 Å². The summed E-state index contributed by atoms with van der Waals surface area (Å²) in [5, 5.41) is 0. The monoisotopic (exact) mass is 426 g/mol. The SMILES string of the molecule is Cc1ccc(OP(=O)(Oc2ccc(C)cc2C)Sc2ccc(C)cc2C)c(C)c1. The van der Waals surface area contributed by atoms with Crippen LogP contribution in [0.1, 0.15) is 33.4 Å². The van der Waals surface area contributed by atoms with E-state index in [1.807, 2.05) is 90.1 Å². The molecule has 0 bridgehead atoms. The van der Waals surface area contributed by atoms with Gasteiger partial charge < -0.3 is 9.05 Å². The summed E-state index contributed by atoms with van der Waals surface area (Å²) in [5.41, 5.74) is 6.31. The molecule has 0 spiro atoms. The lowest BCUT2D eigenvalue weighted by Crippen LogP contribution is -2.01. The van der Waals surface area contributed by atoms with Crippen LogP contribution in [-0.2, 0) is 4.57 Å². The molecule has 0 radical (unpaired) electrons. The second kappa shape index (κ2) is 8.69. The van der Waals surface area contributed by atoms with Crippen LogP contribution in [-0.4, -0.2) is 0 Å². The Balaban J connectivity index is 2.00. The third kappa shape index (κ3) is 5.46. The highest BCUT2D eigenvalue weighted by Gasteiger charge is 2.32. The highest BCUT2D eigenvalue weighted by atomic mass is 32.7. The quantitative estimate of drug-likeness (QED) is 0.375. The molecule has 0 aromatic heterocycles. The minimum absolute atomic E-state index is 0.570. The van der Waals surface area contributed by atoms with Crippen LogP contribution in [0.2, 0.25) is 0 Å². The van der Waals surface area contributed by atoms with Gasteiger partial charge in [0.25, 0.3) is 0 Å². The Morgan fingerprint density at radius 1 is 0.621 bits per heavy atom. The minimum atomic E-state index is -3.59. The van der Waals surface area contributed by atoms with Crippen molar-refractivity contribution in [2.75, 3.05) is 0 Å². The number of hydrogen-bond acceptors (Lipinski definition) is 4. The fourth-order valence-corrected chi connectivity index (χ4v) is 6.74. The number of rotatable bonds is 6. The first-order valence-corrected chi connectivity index (χ1v) is 12.5. The predicted molar refractivity (Wildman–Crippen MR) is 122 cm³/mol. The van der Waals surface area contributed by atoms with E-state index in [2.05, 4.69) is 6.07 Å². The van der Waals surface area contributed by atoms with Crippen molar-refractivity contribution in [3.8, 4) is 11.5 Å². The molecule has 0 heterocycles. The molecule has 0 aliphatic heterocycles. The average Bonchev–Trinajstić information content (AvgIpc) is 2.63. The number of hydrogen-bond donors (Lipinski definition) is 0. The highest BCUT2D eigenvalue weighted by molar-refractivity contribution is 8.55. The van der Waals surface area contributed by atoms with E-state index in [-0.39, 0.29) is 0 Å². The fraction of sp³-hybridized carbons (Fsp3) is 0.250. The zero-order chi connectivity index (χ0) is 21.2. The third-order valence-corrected chi connectivity index (χ3v) is 8.05. The van der Waals surface area contributed by atoms with Gasteiger partial charge in [-0.1, -0.05) is 53.1 Å². The predicted octanol–water partition coefficient (Wildman–Crippen LogP) is 7.90. The van der Waals surface area contributed by atoms with Crippen molar-refractivity contribution in [3.63, 3.8) is 0 Å². The molecule has 0 unspecified atom stereocenters. The minimum Gasteiger partial charge on any atom is -0.408 e. The lowest BCUT2D eigenvalue weighted by Gasteiger charge is -2.22. The molecule has 3 rings (SSSR count). The van der Waals surface area contributed by atoms with E-state index in [4.69, 9.17) is 9.05 Å². The molecule has 152 valence electrons. The summed E-state index contributed by atoms with van der Waals surface area (Å²) in [6.45, 7) is 8.40. The highest BCUT2D eigenvalue weighted by Crippen LogP contribution is 2.63. The van der Waals surface area contributed by atoms with E-state index >= 15 is 0 Å². The second-order valence-electron chi connectivity index (χ2n) is 7.53. The molecule has 0 atom stereocenters. The summed E-state index contributed by atoms with van der Waals surface area (Å²) >= 11 is 1.15. The van der Waals surface area contributed by atoms with Crippen molar-refractivity contribution in [2.45, 2.75) is 46.4 Å². The van der Waals surface area contributed by atoms with Crippen LogP contribution in [0.3, 0.4) is 0 Å². The van der Waals surface area contributed by atoms with E-state index in [9.17, 15) is 4.57 Å². The fourth-order valence-electron chi connectivity index (χ4n) is 3.12. The maximum atomic E-state index is 14.0. The van der Waals surface area contributed by atoms with Crippen molar-refractivity contribution in [2.24, 2.45) is 0 Å². The Morgan fingerprint density at radius 3 is 1.45 bits per heavy atom. The van der Waals surface area contributed by atoms with Gasteiger partial charge in [-0.2, -0.15) is 0 Å². The van der Waals surface area contributed by atoms with Crippen LogP contribution in [0.15, 0.2) is 59.5 Å². The van der Waals surface area contributed by atoms with E-state index in [0.29, 0.717) is 11.5 Å². The van der Waals surface area contributed by atoms with Gasteiger partial charge in [0.1, 0.15) is 11.5 Å². The Hall–Kier alpha value is -2.16. The van der Waals surface area contributed by atoms with Crippen LogP contribution >= 0.6 is 18.2 Å². The summed E-state index contributed by atoms with van der Waals surface area (Å²) < 4.78 is 26.1. The van der Waals surface area contributed by atoms with Crippen molar-refractivity contribution in [1.82, 2.24) is 0 Å². The molecule has 3 nitrogen and oxygen atoms in total. The first kappa shape index (κ1) is 21.5. The van der Waals surface area contributed by atoms with Crippen LogP contribution in [0, 0.1) is 41.5 Å². The zero-order valence-electron chi connectivity index (χ0n) is 17.8. The van der Waals surface area contributed by atoms with Crippen LogP contribution < -0.4 is 9.05 Å². The first-order valence-electron chi connectivity index (χ1n) is 9.56. The van der Waals surface area contributed by atoms with Crippen LogP contribution in [0.5, 0.6) is 11.5 Å². The second-order valence-corrected chi connectivity index (χ2v) is 11.3. The van der Waals surface area contributed by atoms with Gasteiger partial charge in [0, 0.05) is 16.3 Å². The molecule has 0 saturated carbocycles. The summed E-state index contributed by atoms with van der Waals surface area (Å²) in [6.07, 6.45) is 0. The molecule has 0 aliphatic carbocycles. The molecular weight excluding hydrogens is 399 g/mol. The van der Waals surface area contributed by atoms with Gasteiger partial charge in [0.2, 0.25) is 0 Å². The lowest BCUT2D eigenvalue weighted by molar-refractivity contribution is 0.405. The average molecular weight is 427 g/mol. The van der Waals surface area contributed by atoms with Gasteiger partial charge in [-0.15, -0.1) is 0 Å². The number of aryl methyl sites for hydroxylation is 6. The molecule has 0 fully saturated rings. The topological polar surface area (TPSA) is 35.5 Å². The Bertz CT molecular complexity index is 955. The maximum Gasteiger partial charge on any atom is 0.497 e. The Morgan fingerprint density at radius 2 is 1.03 bits per heavy atom. The molecule has 0 amide bonds. The van der Waals surface area contributed by atoms with Crippen LogP contribution in [0.4, 0.5) is 0 Å². The molecule has 0 aliphatic rings. The van der Waals surface area contributed by atoms with Crippen molar-refractivity contribution in [3.05, 3.63) is 88.0 Å². The normalized spacial score (nSPS) is 11.4. The molecule has 0 saturated heterocycles. The van der Waals surface area contributed by atoms with Crippen molar-refractivity contribution >= 4 is 18.2 Å². The molecule has 29 heavy (non-hydrogen) atoms. The molecule has 3 aromatic carbocycles. The first-order chi connectivity index (χ1) is 13.6. The summed E-state index contributed by atoms with van der Waals surface area (Å²) in [6, 6.07) is 17.7. The lowest BCUT2D eigenvalue weighted by atomic mass is 10.1. The molecule has 5 heteroatoms.